The van der Waals surface area contributed by atoms with Gasteiger partial charge in [-0.05, 0) is 36.6 Å². The Kier molecular flexibility index (Phi) is 6.01. The van der Waals surface area contributed by atoms with Crippen LogP contribution in [0.3, 0.4) is 0 Å². The average molecular weight is 342 g/mol. The fraction of sp³-hybridized carbons (Fsp3) is 0.350. The molecule has 0 spiro atoms. The fourth-order valence-electron chi connectivity index (χ4n) is 3.15. The van der Waals surface area contributed by atoms with Crippen LogP contribution in [-0.2, 0) is 9.53 Å². The molecule has 0 aliphatic carbocycles. The predicted molar refractivity (Wildman–Crippen MR) is 95.8 cm³/mol. The molecule has 1 aliphatic heterocycles. The van der Waals surface area contributed by atoms with Crippen molar-refractivity contribution in [1.82, 2.24) is 5.32 Å². The SMILES string of the molecule is O=C(CNc1cccc(F)c1)NC[C@H]1CCCO[C@@H]1c1ccccc1. The molecule has 3 rings (SSSR count). The second-order valence-electron chi connectivity index (χ2n) is 6.27. The first-order valence-electron chi connectivity index (χ1n) is 8.65. The highest BCUT2D eigenvalue weighted by Crippen LogP contribution is 2.32. The Morgan fingerprint density at radius 3 is 2.80 bits per heavy atom. The number of ether oxygens (including phenoxy) is 1. The molecule has 2 atom stereocenters. The van der Waals surface area contributed by atoms with Crippen LogP contribution >= 0.6 is 0 Å². The average Bonchev–Trinajstić information content (AvgIpc) is 2.66. The standard InChI is InChI=1S/C20H23FN2O2/c21-17-9-4-10-18(12-17)22-14-19(24)23-13-16-8-5-11-25-20(16)15-6-2-1-3-7-15/h1-4,6-7,9-10,12,16,20,22H,5,8,11,13-14H2,(H,23,24)/t16-,20-/m1/s1. The second kappa shape index (κ2) is 8.62. The molecule has 132 valence electrons. The molecule has 0 aromatic heterocycles. The normalized spacial score (nSPS) is 20.0. The van der Waals surface area contributed by atoms with Gasteiger partial charge in [-0.25, -0.2) is 4.39 Å². The molecule has 1 heterocycles. The van der Waals surface area contributed by atoms with Crippen LogP contribution in [-0.4, -0.2) is 25.6 Å². The largest absolute Gasteiger partial charge is 0.376 e. The topological polar surface area (TPSA) is 50.4 Å². The molecule has 4 nitrogen and oxygen atoms in total. The van der Waals surface area contributed by atoms with Gasteiger partial charge in [0, 0.05) is 24.8 Å². The number of rotatable bonds is 6. The maximum absolute atomic E-state index is 13.1. The lowest BCUT2D eigenvalue weighted by Crippen LogP contribution is -2.37. The Morgan fingerprint density at radius 2 is 2.00 bits per heavy atom. The second-order valence-corrected chi connectivity index (χ2v) is 6.27. The smallest absolute Gasteiger partial charge is 0.239 e. The molecule has 5 heteroatoms. The Hall–Kier alpha value is -2.40. The van der Waals surface area contributed by atoms with Crippen LogP contribution in [0, 0.1) is 11.7 Å². The van der Waals surface area contributed by atoms with Crippen LogP contribution in [0.1, 0.15) is 24.5 Å². The van der Waals surface area contributed by atoms with E-state index in [1.165, 1.54) is 12.1 Å². The maximum atomic E-state index is 13.1. The molecule has 0 bridgehead atoms. The van der Waals surface area contributed by atoms with Crippen molar-refractivity contribution in [3.05, 3.63) is 66.0 Å². The van der Waals surface area contributed by atoms with E-state index in [-0.39, 0.29) is 30.3 Å². The molecular formula is C20H23FN2O2. The number of amides is 1. The Balaban J connectivity index is 1.50. The molecule has 1 aliphatic rings. The summed E-state index contributed by atoms with van der Waals surface area (Å²) in [5, 5.41) is 5.89. The summed E-state index contributed by atoms with van der Waals surface area (Å²) in [4.78, 5) is 12.1. The van der Waals surface area contributed by atoms with Crippen LogP contribution in [0.4, 0.5) is 10.1 Å². The van der Waals surface area contributed by atoms with Gasteiger partial charge in [0.05, 0.1) is 12.6 Å². The number of anilines is 1. The van der Waals surface area contributed by atoms with E-state index in [1.807, 2.05) is 18.2 Å². The van der Waals surface area contributed by atoms with E-state index in [9.17, 15) is 9.18 Å². The maximum Gasteiger partial charge on any atom is 0.239 e. The number of hydrogen-bond acceptors (Lipinski definition) is 3. The molecular weight excluding hydrogens is 319 g/mol. The van der Waals surface area contributed by atoms with E-state index in [0.717, 1.165) is 25.0 Å². The highest BCUT2D eigenvalue weighted by molar-refractivity contribution is 5.80. The lowest BCUT2D eigenvalue weighted by molar-refractivity contribution is -0.120. The van der Waals surface area contributed by atoms with Crippen LogP contribution < -0.4 is 10.6 Å². The number of carbonyl (C=O) groups is 1. The van der Waals surface area contributed by atoms with Gasteiger partial charge in [-0.3, -0.25) is 4.79 Å². The van der Waals surface area contributed by atoms with Gasteiger partial charge in [0.25, 0.3) is 0 Å². The zero-order chi connectivity index (χ0) is 17.5. The van der Waals surface area contributed by atoms with Gasteiger partial charge in [0.2, 0.25) is 5.91 Å². The van der Waals surface area contributed by atoms with Gasteiger partial charge in [-0.1, -0.05) is 36.4 Å². The number of carbonyl (C=O) groups excluding carboxylic acids is 1. The van der Waals surface area contributed by atoms with Gasteiger partial charge in [-0.2, -0.15) is 0 Å². The minimum absolute atomic E-state index is 0.0198. The fourth-order valence-corrected chi connectivity index (χ4v) is 3.15. The molecule has 1 fully saturated rings. The van der Waals surface area contributed by atoms with E-state index in [2.05, 4.69) is 22.8 Å². The van der Waals surface area contributed by atoms with E-state index in [0.29, 0.717) is 12.2 Å². The summed E-state index contributed by atoms with van der Waals surface area (Å²) >= 11 is 0. The van der Waals surface area contributed by atoms with Crippen molar-refractivity contribution < 1.29 is 13.9 Å². The molecule has 2 N–H and O–H groups in total. The molecule has 2 aromatic rings. The monoisotopic (exact) mass is 342 g/mol. The summed E-state index contributed by atoms with van der Waals surface area (Å²) in [5.74, 6) is -0.175. The van der Waals surface area contributed by atoms with Crippen molar-refractivity contribution >= 4 is 11.6 Å². The molecule has 0 unspecified atom stereocenters. The molecule has 0 saturated carbocycles. The molecule has 0 radical (unpaired) electrons. The minimum Gasteiger partial charge on any atom is -0.376 e. The number of halogens is 1. The third kappa shape index (κ3) is 5.03. The van der Waals surface area contributed by atoms with Crippen LogP contribution in [0.25, 0.3) is 0 Å². The van der Waals surface area contributed by atoms with Crippen molar-refractivity contribution in [2.75, 3.05) is 25.0 Å². The van der Waals surface area contributed by atoms with Crippen molar-refractivity contribution in [2.45, 2.75) is 18.9 Å². The molecule has 25 heavy (non-hydrogen) atoms. The zero-order valence-electron chi connectivity index (χ0n) is 14.1. The van der Waals surface area contributed by atoms with Gasteiger partial charge >= 0.3 is 0 Å². The Labute approximate surface area is 147 Å². The lowest BCUT2D eigenvalue weighted by Gasteiger charge is -2.32. The van der Waals surface area contributed by atoms with E-state index < -0.39 is 0 Å². The van der Waals surface area contributed by atoms with E-state index in [4.69, 9.17) is 4.74 Å². The summed E-state index contributed by atoms with van der Waals surface area (Å²) in [5.41, 5.74) is 1.75. The highest BCUT2D eigenvalue weighted by Gasteiger charge is 2.27. The molecule has 2 aromatic carbocycles. The predicted octanol–water partition coefficient (Wildman–Crippen LogP) is 3.52. The van der Waals surface area contributed by atoms with Crippen molar-refractivity contribution in [3.8, 4) is 0 Å². The van der Waals surface area contributed by atoms with Gasteiger partial charge in [0.1, 0.15) is 5.82 Å². The number of hydrogen-bond donors (Lipinski definition) is 2. The number of nitrogens with one attached hydrogen (secondary N) is 2. The molecule has 1 amide bonds. The summed E-state index contributed by atoms with van der Waals surface area (Å²) < 4.78 is 19.1. The number of benzene rings is 2. The van der Waals surface area contributed by atoms with Gasteiger partial charge < -0.3 is 15.4 Å². The third-order valence-corrected chi connectivity index (χ3v) is 4.41. The summed E-state index contributed by atoms with van der Waals surface area (Å²) in [6, 6.07) is 16.2. The first-order valence-corrected chi connectivity index (χ1v) is 8.65. The van der Waals surface area contributed by atoms with Crippen LogP contribution in [0.5, 0.6) is 0 Å². The Morgan fingerprint density at radius 1 is 1.16 bits per heavy atom. The van der Waals surface area contributed by atoms with Crippen molar-refractivity contribution in [3.63, 3.8) is 0 Å². The third-order valence-electron chi connectivity index (χ3n) is 4.41. The lowest BCUT2D eigenvalue weighted by atomic mass is 9.89. The first kappa shape index (κ1) is 17.4. The van der Waals surface area contributed by atoms with Gasteiger partial charge in [0.15, 0.2) is 0 Å². The zero-order valence-corrected chi connectivity index (χ0v) is 14.1. The highest BCUT2D eigenvalue weighted by atomic mass is 19.1. The first-order chi connectivity index (χ1) is 12.2. The molecule has 1 saturated heterocycles. The summed E-state index contributed by atoms with van der Waals surface area (Å²) in [6.45, 7) is 1.45. The summed E-state index contributed by atoms with van der Waals surface area (Å²) in [6.07, 6.45) is 2.05. The van der Waals surface area contributed by atoms with Crippen molar-refractivity contribution in [2.24, 2.45) is 5.92 Å². The Bertz CT molecular complexity index is 693. The van der Waals surface area contributed by atoms with Gasteiger partial charge in [-0.15, -0.1) is 0 Å². The van der Waals surface area contributed by atoms with Crippen LogP contribution in [0.2, 0.25) is 0 Å². The van der Waals surface area contributed by atoms with E-state index >= 15 is 0 Å². The van der Waals surface area contributed by atoms with Crippen LogP contribution in [0.15, 0.2) is 54.6 Å². The van der Waals surface area contributed by atoms with E-state index in [1.54, 1.807) is 12.1 Å². The quantitative estimate of drug-likeness (QED) is 0.844. The van der Waals surface area contributed by atoms with Crippen molar-refractivity contribution in [1.29, 1.82) is 0 Å². The summed E-state index contributed by atoms with van der Waals surface area (Å²) in [7, 11) is 0. The minimum atomic E-state index is -0.324.